The lowest BCUT2D eigenvalue weighted by atomic mass is 9.76. The van der Waals surface area contributed by atoms with Crippen LogP contribution in [-0.4, -0.2) is 49.4 Å². The van der Waals surface area contributed by atoms with Gasteiger partial charge in [0.15, 0.2) is 11.5 Å². The minimum atomic E-state index is -4.56. The Morgan fingerprint density at radius 3 is 2.53 bits per heavy atom. The summed E-state index contributed by atoms with van der Waals surface area (Å²) in [5.41, 5.74) is -0.453. The van der Waals surface area contributed by atoms with E-state index >= 15 is 0 Å². The highest BCUT2D eigenvalue weighted by Gasteiger charge is 2.43. The number of hydrogen-bond donors (Lipinski definition) is 1. The molecular formula is C23H20F4N6O. The molecule has 176 valence electrons. The Labute approximate surface area is 192 Å². The molecular weight excluding hydrogens is 452 g/mol. The van der Waals surface area contributed by atoms with E-state index in [0.29, 0.717) is 23.9 Å². The summed E-state index contributed by atoms with van der Waals surface area (Å²) in [6, 6.07) is 5.16. The number of carbonyl (C=O) groups excluding carboxylic acids is 1. The molecule has 2 saturated heterocycles. The predicted octanol–water partition coefficient (Wildman–Crippen LogP) is 4.20. The SMILES string of the molecule is O=C(c1ccc(F)cc1-c1ncccn1)N1CC2CC[C@H]1[C@H](Nc1cnc(C(F)(F)F)cn1)C2. The van der Waals surface area contributed by atoms with Crippen molar-refractivity contribution in [2.45, 2.75) is 37.5 Å². The Morgan fingerprint density at radius 1 is 1.06 bits per heavy atom. The van der Waals surface area contributed by atoms with Crippen LogP contribution >= 0.6 is 0 Å². The standard InChI is InChI=1S/C23H20F4N6O/c24-14-3-4-15(16(9-14)21-28-6-1-7-29-21)22(34)33-12-13-2-5-18(33)17(8-13)32-20-11-30-19(10-31-20)23(25,26)27/h1,3-4,6-7,9-11,13,17-18H,2,5,8,12H2,(H,31,32)/t13?,17-,18+/m1/s1. The van der Waals surface area contributed by atoms with Gasteiger partial charge in [0.25, 0.3) is 5.91 Å². The maximum Gasteiger partial charge on any atom is 0.434 e. The minimum Gasteiger partial charge on any atom is -0.364 e. The molecule has 3 fully saturated rings. The molecule has 2 aliphatic heterocycles. The summed E-state index contributed by atoms with van der Waals surface area (Å²) >= 11 is 0. The number of amides is 1. The maximum absolute atomic E-state index is 14.0. The van der Waals surface area contributed by atoms with Crippen LogP contribution in [-0.2, 0) is 6.18 Å². The van der Waals surface area contributed by atoms with Crippen molar-refractivity contribution in [2.75, 3.05) is 11.9 Å². The Hall–Kier alpha value is -3.63. The van der Waals surface area contributed by atoms with Crippen molar-refractivity contribution in [2.24, 2.45) is 5.92 Å². The average molecular weight is 472 g/mol. The van der Waals surface area contributed by atoms with Crippen molar-refractivity contribution in [3.8, 4) is 11.4 Å². The van der Waals surface area contributed by atoms with Crippen molar-refractivity contribution in [1.82, 2.24) is 24.8 Å². The molecule has 2 bridgehead atoms. The van der Waals surface area contributed by atoms with Crippen LogP contribution < -0.4 is 5.32 Å². The molecule has 6 rings (SSSR count). The fraction of sp³-hybridized carbons (Fsp3) is 0.348. The van der Waals surface area contributed by atoms with Gasteiger partial charge < -0.3 is 10.2 Å². The zero-order valence-electron chi connectivity index (χ0n) is 17.8. The molecule has 1 saturated carbocycles. The first-order valence-corrected chi connectivity index (χ1v) is 10.8. The van der Waals surface area contributed by atoms with Crippen LogP contribution in [0.2, 0.25) is 0 Å². The molecule has 0 radical (unpaired) electrons. The number of rotatable bonds is 4. The number of benzene rings is 1. The molecule has 1 amide bonds. The number of aromatic nitrogens is 4. The number of carbonyl (C=O) groups is 1. The van der Waals surface area contributed by atoms with E-state index in [2.05, 4.69) is 25.3 Å². The second-order valence-corrected chi connectivity index (χ2v) is 8.50. The van der Waals surface area contributed by atoms with Gasteiger partial charge >= 0.3 is 6.18 Å². The molecule has 2 aromatic heterocycles. The van der Waals surface area contributed by atoms with E-state index in [1.54, 1.807) is 11.0 Å². The van der Waals surface area contributed by atoms with Gasteiger partial charge in [0.1, 0.15) is 11.6 Å². The normalized spacial score (nSPS) is 22.0. The zero-order valence-corrected chi connectivity index (χ0v) is 17.8. The third-order valence-corrected chi connectivity index (χ3v) is 6.33. The molecule has 7 nitrogen and oxygen atoms in total. The first kappa shape index (κ1) is 22.2. The number of anilines is 1. The Balaban J connectivity index is 1.40. The van der Waals surface area contributed by atoms with E-state index in [4.69, 9.17) is 0 Å². The Kier molecular flexibility index (Phi) is 5.62. The van der Waals surface area contributed by atoms with Crippen molar-refractivity contribution < 1.29 is 22.4 Å². The molecule has 3 aromatic rings. The highest BCUT2D eigenvalue weighted by Crippen LogP contribution is 2.38. The number of piperidine rings is 2. The largest absolute Gasteiger partial charge is 0.434 e. The number of hydrogen-bond acceptors (Lipinski definition) is 6. The summed E-state index contributed by atoms with van der Waals surface area (Å²) in [6.07, 6.45) is 2.68. The molecule has 1 aromatic carbocycles. The zero-order chi connectivity index (χ0) is 23.9. The van der Waals surface area contributed by atoms with Gasteiger partial charge in [0, 0.05) is 30.5 Å². The second-order valence-electron chi connectivity index (χ2n) is 8.50. The first-order valence-electron chi connectivity index (χ1n) is 10.8. The van der Waals surface area contributed by atoms with Crippen LogP contribution in [0.5, 0.6) is 0 Å². The summed E-state index contributed by atoms with van der Waals surface area (Å²) in [7, 11) is 0. The average Bonchev–Trinajstić information content (AvgIpc) is 2.84. The van der Waals surface area contributed by atoms with Crippen molar-refractivity contribution in [1.29, 1.82) is 0 Å². The predicted molar refractivity (Wildman–Crippen MR) is 114 cm³/mol. The summed E-state index contributed by atoms with van der Waals surface area (Å²) in [5, 5.41) is 3.16. The molecule has 34 heavy (non-hydrogen) atoms. The quantitative estimate of drug-likeness (QED) is 0.573. The fourth-order valence-corrected chi connectivity index (χ4v) is 4.80. The van der Waals surface area contributed by atoms with Gasteiger partial charge in [-0.1, -0.05) is 0 Å². The van der Waals surface area contributed by atoms with Gasteiger partial charge in [-0.3, -0.25) is 4.79 Å². The maximum atomic E-state index is 14.0. The summed E-state index contributed by atoms with van der Waals surface area (Å²) in [5.74, 6) is -0.0622. The van der Waals surface area contributed by atoms with Gasteiger partial charge in [0.05, 0.1) is 24.0 Å². The molecule has 0 spiro atoms. The minimum absolute atomic E-state index is 0.195. The van der Waals surface area contributed by atoms with Crippen LogP contribution in [0.1, 0.15) is 35.3 Å². The summed E-state index contributed by atoms with van der Waals surface area (Å²) in [6.45, 7) is 0.548. The van der Waals surface area contributed by atoms with E-state index in [1.165, 1.54) is 30.6 Å². The van der Waals surface area contributed by atoms with Crippen LogP contribution in [0.3, 0.4) is 0 Å². The molecule has 1 unspecified atom stereocenters. The van der Waals surface area contributed by atoms with Crippen LogP contribution in [0.4, 0.5) is 23.4 Å². The van der Waals surface area contributed by atoms with Crippen molar-refractivity contribution in [3.05, 3.63) is 66.1 Å². The van der Waals surface area contributed by atoms with Gasteiger partial charge in [-0.05, 0) is 49.4 Å². The number of halogens is 4. The molecule has 11 heteroatoms. The first-order chi connectivity index (χ1) is 16.3. The van der Waals surface area contributed by atoms with E-state index in [-0.39, 0.29) is 35.6 Å². The number of nitrogens with one attached hydrogen (secondary N) is 1. The topological polar surface area (TPSA) is 83.9 Å². The lowest BCUT2D eigenvalue weighted by Crippen LogP contribution is -2.59. The smallest absolute Gasteiger partial charge is 0.364 e. The highest BCUT2D eigenvalue weighted by atomic mass is 19.4. The Morgan fingerprint density at radius 2 is 1.85 bits per heavy atom. The van der Waals surface area contributed by atoms with Gasteiger partial charge in [-0.15, -0.1) is 0 Å². The Bertz CT molecular complexity index is 1190. The third-order valence-electron chi connectivity index (χ3n) is 6.33. The molecule has 1 aliphatic carbocycles. The van der Waals surface area contributed by atoms with E-state index < -0.39 is 17.7 Å². The number of fused-ring (bicyclic) bond motifs is 3. The molecule has 1 N–H and O–H groups in total. The summed E-state index contributed by atoms with van der Waals surface area (Å²) < 4.78 is 52.4. The number of nitrogens with zero attached hydrogens (tertiary/aromatic N) is 5. The van der Waals surface area contributed by atoms with Crippen LogP contribution in [0.15, 0.2) is 49.1 Å². The lowest BCUT2D eigenvalue weighted by Gasteiger charge is -2.50. The highest BCUT2D eigenvalue weighted by molar-refractivity contribution is 6.00. The van der Waals surface area contributed by atoms with Gasteiger partial charge in [-0.25, -0.2) is 24.3 Å². The third kappa shape index (κ3) is 4.29. The van der Waals surface area contributed by atoms with Crippen molar-refractivity contribution in [3.63, 3.8) is 0 Å². The lowest BCUT2D eigenvalue weighted by molar-refractivity contribution is -0.141. The second kappa shape index (κ2) is 8.62. The molecule has 3 atom stereocenters. The fourth-order valence-electron chi connectivity index (χ4n) is 4.80. The van der Waals surface area contributed by atoms with Crippen LogP contribution in [0.25, 0.3) is 11.4 Å². The molecule has 4 heterocycles. The van der Waals surface area contributed by atoms with Crippen LogP contribution in [0, 0.1) is 11.7 Å². The number of alkyl halides is 3. The monoisotopic (exact) mass is 472 g/mol. The molecule has 3 aliphatic rings. The van der Waals surface area contributed by atoms with E-state index in [1.807, 2.05) is 0 Å². The van der Waals surface area contributed by atoms with Gasteiger partial charge in [0.2, 0.25) is 0 Å². The summed E-state index contributed by atoms with van der Waals surface area (Å²) in [4.78, 5) is 31.0. The van der Waals surface area contributed by atoms with Gasteiger partial charge in [-0.2, -0.15) is 13.2 Å². The van der Waals surface area contributed by atoms with E-state index in [9.17, 15) is 22.4 Å². The van der Waals surface area contributed by atoms with E-state index in [0.717, 1.165) is 25.5 Å². The van der Waals surface area contributed by atoms with Crippen molar-refractivity contribution >= 4 is 11.7 Å².